The summed E-state index contributed by atoms with van der Waals surface area (Å²) in [6, 6.07) is 11.3. The number of hydrogen-bond acceptors (Lipinski definition) is 9. The normalized spacial score (nSPS) is 15.2. The van der Waals surface area contributed by atoms with Crippen LogP contribution in [0.25, 0.3) is 16.3 Å². The van der Waals surface area contributed by atoms with E-state index >= 15 is 0 Å². The molecule has 1 aromatic heterocycles. The Morgan fingerprint density at radius 2 is 1.81 bits per heavy atom. The summed E-state index contributed by atoms with van der Waals surface area (Å²) >= 11 is 15.8. The standard InChI is InChI=1S/C27H31Cl2N3O6S4/c1-3-19(15-26-31(11-5-13-41(33,34)35)22-17-20(28)7-9-24(22)39-26)16-27-32(12-6-14-42(36,37)38-30-4-2)23-18-21(29)8-10-25(23)40-27/h7-10,15-18,30H,3-6,11-14H2,1-2H3/p+1. The molecule has 0 unspecified atom stereocenters. The molecule has 0 fully saturated rings. The maximum absolute atomic E-state index is 12.2. The fraction of sp³-hybridized carbons (Fsp3) is 0.370. The highest BCUT2D eigenvalue weighted by molar-refractivity contribution is 8.03. The van der Waals surface area contributed by atoms with Gasteiger partial charge in [0.05, 0.1) is 22.2 Å². The smallest absolute Gasteiger partial charge is 0.283 e. The lowest BCUT2D eigenvalue weighted by molar-refractivity contribution is -0.668. The average molecular weight is 694 g/mol. The third kappa shape index (κ3) is 8.93. The van der Waals surface area contributed by atoms with Crippen molar-refractivity contribution in [1.82, 2.24) is 5.48 Å². The molecule has 4 rings (SSSR count). The van der Waals surface area contributed by atoms with Crippen LogP contribution in [0.1, 0.15) is 38.1 Å². The van der Waals surface area contributed by atoms with Gasteiger partial charge in [-0.05, 0) is 54.8 Å². The van der Waals surface area contributed by atoms with Gasteiger partial charge in [0.15, 0.2) is 6.54 Å². The van der Waals surface area contributed by atoms with Crippen molar-refractivity contribution in [3.05, 3.63) is 68.1 Å². The summed E-state index contributed by atoms with van der Waals surface area (Å²) in [6.45, 7) is 5.00. The highest BCUT2D eigenvalue weighted by atomic mass is 35.5. The number of fused-ring (bicyclic) bond motifs is 2. The molecule has 228 valence electrons. The lowest BCUT2D eigenvalue weighted by Gasteiger charge is -2.21. The number of nitrogens with zero attached hydrogens (tertiary/aromatic N) is 2. The van der Waals surface area contributed by atoms with Crippen LogP contribution in [0.2, 0.25) is 10.0 Å². The molecule has 1 aliphatic heterocycles. The van der Waals surface area contributed by atoms with E-state index in [2.05, 4.69) is 22.5 Å². The first-order valence-corrected chi connectivity index (χ1v) is 18.8. The molecule has 1 aliphatic rings. The van der Waals surface area contributed by atoms with Gasteiger partial charge in [-0.2, -0.15) is 31.2 Å². The first-order valence-electron chi connectivity index (χ1n) is 13.3. The molecule has 2 heterocycles. The van der Waals surface area contributed by atoms with Gasteiger partial charge in [0.25, 0.3) is 25.2 Å². The molecule has 2 N–H and O–H groups in total. The Kier molecular flexibility index (Phi) is 11.4. The maximum atomic E-state index is 12.2. The molecule has 0 bridgehead atoms. The summed E-state index contributed by atoms with van der Waals surface area (Å²) in [5.41, 5.74) is 5.22. The van der Waals surface area contributed by atoms with Crippen LogP contribution in [0.4, 0.5) is 5.69 Å². The lowest BCUT2D eigenvalue weighted by atomic mass is 10.2. The van der Waals surface area contributed by atoms with E-state index in [9.17, 15) is 21.4 Å². The largest absolute Gasteiger partial charge is 0.335 e. The number of anilines is 1. The van der Waals surface area contributed by atoms with Gasteiger partial charge in [-0.25, -0.2) is 0 Å². The van der Waals surface area contributed by atoms with E-state index < -0.39 is 20.2 Å². The molecule has 3 aromatic rings. The number of thioether (sulfide) groups is 1. The monoisotopic (exact) mass is 692 g/mol. The first-order chi connectivity index (χ1) is 19.9. The summed E-state index contributed by atoms with van der Waals surface area (Å²) in [4.78, 5) is 3.09. The van der Waals surface area contributed by atoms with E-state index in [0.29, 0.717) is 42.5 Å². The number of benzene rings is 2. The predicted molar refractivity (Wildman–Crippen MR) is 172 cm³/mol. The van der Waals surface area contributed by atoms with Crippen LogP contribution in [0, 0.1) is 0 Å². The van der Waals surface area contributed by atoms with Crippen molar-refractivity contribution in [2.75, 3.05) is 29.5 Å². The fourth-order valence-corrected chi connectivity index (χ4v) is 8.36. The highest BCUT2D eigenvalue weighted by Crippen LogP contribution is 2.47. The highest BCUT2D eigenvalue weighted by Gasteiger charge is 2.27. The second kappa shape index (κ2) is 14.4. The van der Waals surface area contributed by atoms with E-state index in [4.69, 9.17) is 27.5 Å². The van der Waals surface area contributed by atoms with E-state index in [0.717, 1.165) is 36.4 Å². The van der Waals surface area contributed by atoms with Crippen molar-refractivity contribution in [1.29, 1.82) is 0 Å². The minimum Gasteiger partial charge on any atom is -0.335 e. The SMILES string of the molecule is CCNOS(=O)(=O)CCCN1/C(=C\C(=C\c2sc3ccc(Cl)cc3[n+]2CCCS(=O)(=O)O)CC)Sc2ccc(Cl)cc21. The van der Waals surface area contributed by atoms with Crippen molar-refractivity contribution in [2.24, 2.45) is 0 Å². The van der Waals surface area contributed by atoms with Gasteiger partial charge in [0.1, 0.15) is 4.70 Å². The van der Waals surface area contributed by atoms with Gasteiger partial charge in [0, 0.05) is 46.6 Å². The molecule has 0 radical (unpaired) electrons. The molecule has 9 nitrogen and oxygen atoms in total. The number of halogens is 2. The molecule has 2 aromatic carbocycles. The van der Waals surface area contributed by atoms with Crippen LogP contribution in [-0.2, 0) is 31.1 Å². The van der Waals surface area contributed by atoms with Crippen LogP contribution in [-0.4, -0.2) is 46.0 Å². The van der Waals surface area contributed by atoms with Crippen molar-refractivity contribution in [3.8, 4) is 0 Å². The number of hydroxylamine groups is 1. The molecule has 15 heteroatoms. The van der Waals surface area contributed by atoms with Crippen LogP contribution in [0.3, 0.4) is 0 Å². The van der Waals surface area contributed by atoms with Gasteiger partial charge in [-0.3, -0.25) is 4.55 Å². The van der Waals surface area contributed by atoms with E-state index in [-0.39, 0.29) is 17.9 Å². The molecule has 0 spiro atoms. The van der Waals surface area contributed by atoms with Gasteiger partial charge in [-0.1, -0.05) is 60.1 Å². The fourth-order valence-electron chi connectivity index (χ4n) is 4.38. The molecule has 0 aliphatic carbocycles. The number of thiazole rings is 1. The molecule has 0 atom stereocenters. The van der Waals surface area contributed by atoms with Crippen molar-refractivity contribution in [2.45, 2.75) is 44.6 Å². The summed E-state index contributed by atoms with van der Waals surface area (Å²) in [5, 5.41) is 3.01. The molecule has 0 saturated heterocycles. The van der Waals surface area contributed by atoms with Crippen molar-refractivity contribution < 1.29 is 30.2 Å². The maximum Gasteiger partial charge on any atom is 0.283 e. The van der Waals surface area contributed by atoms with Crippen molar-refractivity contribution in [3.63, 3.8) is 0 Å². The molecular weight excluding hydrogens is 661 g/mol. The van der Waals surface area contributed by atoms with Crippen LogP contribution in [0.15, 0.2) is 58.0 Å². The Morgan fingerprint density at radius 3 is 2.52 bits per heavy atom. The first kappa shape index (κ1) is 33.2. The van der Waals surface area contributed by atoms with Gasteiger partial charge >= 0.3 is 0 Å². The Bertz CT molecular complexity index is 1720. The molecular formula is C27H32Cl2N3O6S4+. The summed E-state index contributed by atoms with van der Waals surface area (Å²) in [7, 11) is -7.79. The quantitative estimate of drug-likeness (QED) is 0.114. The number of nitrogens with one attached hydrogen (secondary N) is 1. The second-order valence-electron chi connectivity index (χ2n) is 9.46. The number of aromatic nitrogens is 1. The Morgan fingerprint density at radius 1 is 1.07 bits per heavy atom. The topological polar surface area (TPSA) is 117 Å². The van der Waals surface area contributed by atoms with Crippen LogP contribution in [0.5, 0.6) is 0 Å². The molecule has 0 saturated carbocycles. The Hall–Kier alpha value is -1.68. The Labute approximate surface area is 265 Å². The minimum atomic E-state index is -4.08. The lowest BCUT2D eigenvalue weighted by Crippen LogP contribution is -2.36. The summed E-state index contributed by atoms with van der Waals surface area (Å²) in [5.74, 6) is -0.484. The minimum absolute atomic E-state index is 0.144. The third-order valence-corrected chi connectivity index (χ3v) is 11.0. The van der Waals surface area contributed by atoms with Gasteiger partial charge < -0.3 is 4.90 Å². The zero-order valence-corrected chi connectivity index (χ0v) is 27.8. The molecule has 0 amide bonds. The predicted octanol–water partition coefficient (Wildman–Crippen LogP) is 6.28. The average Bonchev–Trinajstić information content (AvgIpc) is 3.43. The second-order valence-corrected chi connectivity index (χ2v) is 15.7. The Balaban J connectivity index is 1.66. The number of aryl methyl sites for hydroxylation is 1. The van der Waals surface area contributed by atoms with Gasteiger partial charge in [0.2, 0.25) is 5.52 Å². The number of hydrogen-bond donors (Lipinski definition) is 2. The zero-order chi connectivity index (χ0) is 30.5. The van der Waals surface area contributed by atoms with E-state index in [1.807, 2.05) is 47.9 Å². The van der Waals surface area contributed by atoms with Gasteiger partial charge in [-0.15, -0.1) is 0 Å². The zero-order valence-electron chi connectivity index (χ0n) is 23.0. The summed E-state index contributed by atoms with van der Waals surface area (Å²) in [6.07, 6.45) is 5.45. The van der Waals surface area contributed by atoms with E-state index in [1.54, 1.807) is 30.0 Å². The summed E-state index contributed by atoms with van der Waals surface area (Å²) < 4.78 is 64.2. The number of allylic oxidation sites excluding steroid dienone is 2. The number of rotatable bonds is 14. The van der Waals surface area contributed by atoms with Crippen LogP contribution >= 0.6 is 46.3 Å². The third-order valence-electron chi connectivity index (χ3n) is 6.30. The van der Waals surface area contributed by atoms with Crippen LogP contribution < -0.4 is 14.9 Å². The molecule has 42 heavy (non-hydrogen) atoms. The van der Waals surface area contributed by atoms with Crippen molar-refractivity contribution >= 4 is 88.5 Å². The van der Waals surface area contributed by atoms with E-state index in [1.165, 1.54) is 0 Å².